The first-order valence-electron chi connectivity index (χ1n) is 6.60. The summed E-state index contributed by atoms with van der Waals surface area (Å²) in [6.07, 6.45) is 1.11. The molecule has 0 bridgehead atoms. The Bertz CT molecular complexity index is 536. The van der Waals surface area contributed by atoms with E-state index < -0.39 is 0 Å². The Morgan fingerprint density at radius 1 is 1.47 bits per heavy atom. The lowest BCUT2D eigenvalue weighted by molar-refractivity contribution is 0.114. The van der Waals surface area contributed by atoms with Crippen molar-refractivity contribution in [3.63, 3.8) is 0 Å². The molecule has 1 N–H and O–H groups in total. The van der Waals surface area contributed by atoms with E-state index in [1.165, 1.54) is 6.07 Å². The van der Waals surface area contributed by atoms with Crippen molar-refractivity contribution < 1.29 is 14.3 Å². The van der Waals surface area contributed by atoms with E-state index in [4.69, 9.17) is 9.15 Å². The molecule has 2 fully saturated rings. The molecule has 3 rings (SSSR count). The van der Waals surface area contributed by atoms with Crippen LogP contribution in [0, 0.1) is 11.3 Å². The highest BCUT2D eigenvalue weighted by molar-refractivity contribution is 5.16. The molecule has 1 aromatic rings. The third kappa shape index (κ3) is 2.17. The van der Waals surface area contributed by atoms with E-state index >= 15 is 0 Å². The second-order valence-corrected chi connectivity index (χ2v) is 6.20. The molecule has 104 valence electrons. The van der Waals surface area contributed by atoms with Gasteiger partial charge >= 0.3 is 0 Å². The first kappa shape index (κ1) is 12.7. The van der Waals surface area contributed by atoms with Gasteiger partial charge in [-0.1, -0.05) is 13.8 Å². The van der Waals surface area contributed by atoms with Gasteiger partial charge in [0.1, 0.15) is 12.0 Å². The summed E-state index contributed by atoms with van der Waals surface area (Å²) in [6.45, 7) is 7.63. The van der Waals surface area contributed by atoms with Gasteiger partial charge in [0.05, 0.1) is 19.8 Å². The summed E-state index contributed by atoms with van der Waals surface area (Å²) >= 11 is 0. The maximum Gasteiger partial charge on any atom is 0.226 e. The monoisotopic (exact) mass is 265 g/mol. The molecule has 5 nitrogen and oxygen atoms in total. The van der Waals surface area contributed by atoms with Gasteiger partial charge in [0.15, 0.2) is 5.75 Å². The van der Waals surface area contributed by atoms with Gasteiger partial charge < -0.3 is 14.3 Å². The minimum atomic E-state index is -0.390. The van der Waals surface area contributed by atoms with Gasteiger partial charge in [0.2, 0.25) is 5.43 Å². The predicted octanol–water partition coefficient (Wildman–Crippen LogP) is 1.20. The minimum Gasteiger partial charge on any atom is -0.502 e. The lowest BCUT2D eigenvalue weighted by atomic mass is 9.80. The van der Waals surface area contributed by atoms with Gasteiger partial charge in [-0.15, -0.1) is 0 Å². The summed E-state index contributed by atoms with van der Waals surface area (Å²) in [6, 6.07) is 1.76. The summed E-state index contributed by atoms with van der Waals surface area (Å²) < 4.78 is 10.9. The number of likely N-dealkylation sites (tertiary alicyclic amines) is 1. The van der Waals surface area contributed by atoms with Gasteiger partial charge in [0.25, 0.3) is 0 Å². The molecule has 2 atom stereocenters. The standard InChI is InChI=1S/C14H19NO4/c1-14(2)8-15(11-6-18-5-10(11)14)4-9-3-12(16)13(17)7-19-9/h3,7,10-11,17H,4-6,8H2,1-2H3/t10-,11+/m0/s1. The zero-order valence-electron chi connectivity index (χ0n) is 11.3. The first-order valence-corrected chi connectivity index (χ1v) is 6.60. The van der Waals surface area contributed by atoms with Crippen LogP contribution < -0.4 is 5.43 Å². The molecule has 1 aromatic heterocycles. The topological polar surface area (TPSA) is 62.9 Å². The number of rotatable bonds is 2. The molecule has 0 aromatic carbocycles. The molecule has 5 heteroatoms. The van der Waals surface area contributed by atoms with Crippen molar-refractivity contribution in [1.29, 1.82) is 0 Å². The molecule has 0 unspecified atom stereocenters. The van der Waals surface area contributed by atoms with Crippen molar-refractivity contribution in [2.24, 2.45) is 11.3 Å². The number of aromatic hydroxyl groups is 1. The van der Waals surface area contributed by atoms with Crippen LogP contribution in [0.15, 0.2) is 21.5 Å². The fourth-order valence-corrected chi connectivity index (χ4v) is 3.31. The molecular formula is C14H19NO4. The fraction of sp³-hybridized carbons (Fsp3) is 0.643. The zero-order chi connectivity index (χ0) is 13.6. The highest BCUT2D eigenvalue weighted by atomic mass is 16.5. The molecule has 0 amide bonds. The smallest absolute Gasteiger partial charge is 0.226 e. The van der Waals surface area contributed by atoms with Crippen LogP contribution in [-0.2, 0) is 11.3 Å². The Labute approximate surface area is 111 Å². The van der Waals surface area contributed by atoms with Gasteiger partial charge in [-0.25, -0.2) is 0 Å². The van der Waals surface area contributed by atoms with E-state index in [2.05, 4.69) is 18.7 Å². The second kappa shape index (κ2) is 4.35. The van der Waals surface area contributed by atoms with Crippen molar-refractivity contribution >= 4 is 0 Å². The van der Waals surface area contributed by atoms with Crippen LogP contribution in [-0.4, -0.2) is 35.8 Å². The van der Waals surface area contributed by atoms with Crippen LogP contribution in [0.3, 0.4) is 0 Å². The van der Waals surface area contributed by atoms with E-state index in [1.807, 2.05) is 0 Å². The van der Waals surface area contributed by atoms with E-state index in [9.17, 15) is 9.90 Å². The number of hydrogen-bond donors (Lipinski definition) is 1. The Morgan fingerprint density at radius 3 is 3.00 bits per heavy atom. The Kier molecular flexibility index (Phi) is 2.91. The molecule has 3 heterocycles. The molecule has 0 aliphatic carbocycles. The van der Waals surface area contributed by atoms with Crippen molar-refractivity contribution in [3.05, 3.63) is 28.3 Å². The summed E-state index contributed by atoms with van der Waals surface area (Å²) in [5.74, 6) is 0.787. The van der Waals surface area contributed by atoms with Crippen molar-refractivity contribution in [2.45, 2.75) is 26.4 Å². The van der Waals surface area contributed by atoms with E-state index in [-0.39, 0.29) is 16.6 Å². The molecule has 19 heavy (non-hydrogen) atoms. The van der Waals surface area contributed by atoms with Crippen LogP contribution in [0.4, 0.5) is 0 Å². The molecule has 2 saturated heterocycles. The van der Waals surface area contributed by atoms with Gasteiger partial charge in [0, 0.05) is 24.6 Å². The number of ether oxygens (including phenoxy) is 1. The summed E-state index contributed by atoms with van der Waals surface area (Å²) in [7, 11) is 0. The van der Waals surface area contributed by atoms with Gasteiger partial charge in [-0.2, -0.15) is 0 Å². The van der Waals surface area contributed by atoms with Crippen LogP contribution in [0.2, 0.25) is 0 Å². The Morgan fingerprint density at radius 2 is 2.26 bits per heavy atom. The number of fused-ring (bicyclic) bond motifs is 1. The van der Waals surface area contributed by atoms with E-state index in [0.717, 1.165) is 26.0 Å². The maximum absolute atomic E-state index is 11.4. The summed E-state index contributed by atoms with van der Waals surface area (Å²) in [5, 5.41) is 9.20. The van der Waals surface area contributed by atoms with Crippen molar-refractivity contribution in [2.75, 3.05) is 19.8 Å². The molecule has 0 saturated carbocycles. The third-order valence-electron chi connectivity index (χ3n) is 4.36. The summed E-state index contributed by atoms with van der Waals surface area (Å²) in [5.41, 5.74) is -0.169. The Hall–Kier alpha value is -1.33. The predicted molar refractivity (Wildman–Crippen MR) is 68.9 cm³/mol. The van der Waals surface area contributed by atoms with Crippen LogP contribution in [0.1, 0.15) is 19.6 Å². The average molecular weight is 265 g/mol. The Balaban J connectivity index is 1.80. The average Bonchev–Trinajstić information content (AvgIpc) is 2.89. The SMILES string of the molecule is CC1(C)CN(Cc2cc(=O)c(O)co2)[C@@H]2COC[C@@H]21. The quantitative estimate of drug-likeness (QED) is 0.870. The largest absolute Gasteiger partial charge is 0.502 e. The summed E-state index contributed by atoms with van der Waals surface area (Å²) in [4.78, 5) is 13.7. The molecule has 0 radical (unpaired) electrons. The molecule has 2 aliphatic rings. The highest BCUT2D eigenvalue weighted by Gasteiger charge is 2.49. The van der Waals surface area contributed by atoms with Crippen LogP contribution in [0.25, 0.3) is 0 Å². The van der Waals surface area contributed by atoms with Crippen molar-refractivity contribution in [3.8, 4) is 5.75 Å². The zero-order valence-corrected chi connectivity index (χ0v) is 11.3. The third-order valence-corrected chi connectivity index (χ3v) is 4.36. The second-order valence-electron chi connectivity index (χ2n) is 6.20. The number of nitrogens with zero attached hydrogens (tertiary/aromatic N) is 1. The lowest BCUT2D eigenvalue weighted by Gasteiger charge is -2.23. The molecule has 2 aliphatic heterocycles. The van der Waals surface area contributed by atoms with E-state index in [0.29, 0.717) is 24.3 Å². The number of hydrogen-bond acceptors (Lipinski definition) is 5. The normalized spacial score (nSPS) is 29.6. The lowest BCUT2D eigenvalue weighted by Crippen LogP contribution is -2.32. The van der Waals surface area contributed by atoms with Crippen molar-refractivity contribution in [1.82, 2.24) is 4.90 Å². The minimum absolute atomic E-state index is 0.221. The molecule has 0 spiro atoms. The van der Waals surface area contributed by atoms with E-state index in [1.54, 1.807) is 0 Å². The maximum atomic E-state index is 11.4. The highest BCUT2D eigenvalue weighted by Crippen LogP contribution is 2.43. The van der Waals surface area contributed by atoms with Crippen LogP contribution >= 0.6 is 0 Å². The fourth-order valence-electron chi connectivity index (χ4n) is 3.31. The first-order chi connectivity index (χ1) is 8.97. The van der Waals surface area contributed by atoms with Crippen LogP contribution in [0.5, 0.6) is 5.75 Å². The molecular weight excluding hydrogens is 246 g/mol. The van der Waals surface area contributed by atoms with Gasteiger partial charge in [-0.3, -0.25) is 9.69 Å². The van der Waals surface area contributed by atoms with Gasteiger partial charge in [-0.05, 0) is 5.41 Å².